The van der Waals surface area contributed by atoms with Gasteiger partial charge in [-0.25, -0.2) is 9.48 Å². The van der Waals surface area contributed by atoms with E-state index in [9.17, 15) is 9.90 Å². The van der Waals surface area contributed by atoms with Crippen molar-refractivity contribution in [3.05, 3.63) is 30.0 Å². The van der Waals surface area contributed by atoms with Crippen LogP contribution in [0.2, 0.25) is 0 Å². The molecule has 7 nitrogen and oxygen atoms in total. The number of rotatable bonds is 5. The summed E-state index contributed by atoms with van der Waals surface area (Å²) in [5.41, 5.74) is 6.41. The summed E-state index contributed by atoms with van der Waals surface area (Å²) >= 11 is 0. The molecule has 0 aliphatic heterocycles. The number of hydrogen-bond acceptors (Lipinski definition) is 5. The first kappa shape index (κ1) is 13.0. The van der Waals surface area contributed by atoms with E-state index < -0.39 is 5.97 Å². The first-order valence-corrected chi connectivity index (χ1v) is 5.69. The van der Waals surface area contributed by atoms with Crippen molar-refractivity contribution in [1.82, 2.24) is 15.0 Å². The van der Waals surface area contributed by atoms with Crippen LogP contribution >= 0.6 is 0 Å². The van der Waals surface area contributed by atoms with E-state index in [4.69, 9.17) is 10.5 Å². The Morgan fingerprint density at radius 3 is 2.84 bits per heavy atom. The number of nitrogens with two attached hydrogens (primary N) is 1. The highest BCUT2D eigenvalue weighted by molar-refractivity contribution is 5.93. The average Bonchev–Trinajstić information content (AvgIpc) is 2.83. The lowest BCUT2D eigenvalue weighted by atomic mass is 10.1. The highest BCUT2D eigenvalue weighted by atomic mass is 16.5. The van der Waals surface area contributed by atoms with E-state index in [2.05, 4.69) is 10.3 Å². The number of ether oxygens (including phenoxy) is 1. The minimum absolute atomic E-state index is 0.113. The van der Waals surface area contributed by atoms with Crippen LogP contribution in [0.25, 0.3) is 11.3 Å². The SMILES string of the molecule is COc1ccccc1-c1c(C(=O)O)nnn1CCN. The van der Waals surface area contributed by atoms with Crippen molar-refractivity contribution < 1.29 is 14.6 Å². The predicted octanol–water partition coefficient (Wildman–Crippen LogP) is 0.611. The van der Waals surface area contributed by atoms with Gasteiger partial charge in [0.25, 0.3) is 0 Å². The third-order valence-electron chi connectivity index (χ3n) is 2.64. The van der Waals surface area contributed by atoms with Gasteiger partial charge in [0.2, 0.25) is 0 Å². The Morgan fingerprint density at radius 1 is 1.47 bits per heavy atom. The van der Waals surface area contributed by atoms with Crippen LogP contribution in [-0.4, -0.2) is 39.7 Å². The van der Waals surface area contributed by atoms with Crippen molar-refractivity contribution in [2.75, 3.05) is 13.7 Å². The normalized spacial score (nSPS) is 10.4. The van der Waals surface area contributed by atoms with Gasteiger partial charge in [-0.15, -0.1) is 5.10 Å². The summed E-state index contributed by atoms with van der Waals surface area (Å²) in [6, 6.07) is 7.11. The minimum atomic E-state index is -1.14. The number of aromatic carboxylic acids is 1. The fourth-order valence-electron chi connectivity index (χ4n) is 1.84. The van der Waals surface area contributed by atoms with Gasteiger partial charge in [0.15, 0.2) is 5.69 Å². The molecule has 19 heavy (non-hydrogen) atoms. The van der Waals surface area contributed by atoms with Crippen LogP contribution in [0.5, 0.6) is 5.75 Å². The van der Waals surface area contributed by atoms with E-state index in [0.717, 1.165) is 0 Å². The summed E-state index contributed by atoms with van der Waals surface area (Å²) < 4.78 is 6.72. The van der Waals surface area contributed by atoms with Crippen molar-refractivity contribution in [2.24, 2.45) is 5.73 Å². The lowest BCUT2D eigenvalue weighted by Crippen LogP contribution is -2.13. The lowest BCUT2D eigenvalue weighted by Gasteiger charge is -2.10. The van der Waals surface area contributed by atoms with Gasteiger partial charge in [-0.2, -0.15) is 0 Å². The van der Waals surface area contributed by atoms with Gasteiger partial charge in [-0.3, -0.25) is 0 Å². The van der Waals surface area contributed by atoms with Gasteiger partial charge in [-0.05, 0) is 12.1 Å². The zero-order chi connectivity index (χ0) is 13.8. The van der Waals surface area contributed by atoms with Crippen LogP contribution in [0.4, 0.5) is 0 Å². The van der Waals surface area contributed by atoms with Gasteiger partial charge in [0.1, 0.15) is 11.4 Å². The van der Waals surface area contributed by atoms with Gasteiger partial charge >= 0.3 is 5.97 Å². The quantitative estimate of drug-likeness (QED) is 0.818. The summed E-state index contributed by atoms with van der Waals surface area (Å²) in [5, 5.41) is 16.7. The molecule has 0 spiro atoms. The smallest absolute Gasteiger partial charge is 0.358 e. The summed E-state index contributed by atoms with van der Waals surface area (Å²) in [7, 11) is 1.52. The summed E-state index contributed by atoms with van der Waals surface area (Å²) in [4.78, 5) is 11.2. The third kappa shape index (κ3) is 2.41. The van der Waals surface area contributed by atoms with Gasteiger partial charge < -0.3 is 15.6 Å². The standard InChI is InChI=1S/C12H14N4O3/c1-19-9-5-3-2-4-8(9)11-10(12(17)18)14-15-16(11)7-6-13/h2-5H,6-7,13H2,1H3,(H,17,18). The monoisotopic (exact) mass is 262 g/mol. The Balaban J connectivity index is 2.64. The molecule has 0 radical (unpaired) electrons. The molecule has 0 aliphatic carbocycles. The number of nitrogens with zero attached hydrogens (tertiary/aromatic N) is 3. The highest BCUT2D eigenvalue weighted by Crippen LogP contribution is 2.31. The van der Waals surface area contributed by atoms with Crippen molar-refractivity contribution in [3.8, 4) is 17.0 Å². The number of benzene rings is 1. The van der Waals surface area contributed by atoms with Crippen molar-refractivity contribution >= 4 is 5.97 Å². The Morgan fingerprint density at radius 2 is 2.21 bits per heavy atom. The Bertz CT molecular complexity index is 594. The average molecular weight is 262 g/mol. The number of carbonyl (C=O) groups is 1. The van der Waals surface area contributed by atoms with Crippen LogP contribution in [0.15, 0.2) is 24.3 Å². The molecule has 2 rings (SSSR count). The second-order valence-electron chi connectivity index (χ2n) is 3.80. The van der Waals surface area contributed by atoms with Gasteiger partial charge in [0, 0.05) is 12.1 Å². The molecule has 0 aliphatic rings. The molecule has 0 unspecified atom stereocenters. The van der Waals surface area contributed by atoms with E-state index in [1.807, 2.05) is 0 Å². The second-order valence-corrected chi connectivity index (χ2v) is 3.80. The molecule has 7 heteroatoms. The largest absolute Gasteiger partial charge is 0.496 e. The Hall–Kier alpha value is -2.41. The number of hydrogen-bond donors (Lipinski definition) is 2. The first-order chi connectivity index (χ1) is 9.19. The van der Waals surface area contributed by atoms with Crippen molar-refractivity contribution in [3.63, 3.8) is 0 Å². The first-order valence-electron chi connectivity index (χ1n) is 5.69. The fraction of sp³-hybridized carbons (Fsp3) is 0.250. The van der Waals surface area contributed by atoms with Crippen molar-refractivity contribution in [2.45, 2.75) is 6.54 Å². The lowest BCUT2D eigenvalue weighted by molar-refractivity contribution is 0.0691. The predicted molar refractivity (Wildman–Crippen MR) is 68.0 cm³/mol. The zero-order valence-electron chi connectivity index (χ0n) is 10.4. The molecule has 1 aromatic heterocycles. The Labute approximate surface area is 109 Å². The third-order valence-corrected chi connectivity index (χ3v) is 2.64. The molecule has 3 N–H and O–H groups in total. The van der Waals surface area contributed by atoms with Gasteiger partial charge in [-0.1, -0.05) is 17.3 Å². The number of carboxylic acids is 1. The second kappa shape index (κ2) is 5.49. The fourth-order valence-corrected chi connectivity index (χ4v) is 1.84. The summed E-state index contributed by atoms with van der Waals surface area (Å²) in [6.07, 6.45) is 0. The van der Waals surface area contributed by atoms with E-state index in [1.165, 1.54) is 11.8 Å². The summed E-state index contributed by atoms with van der Waals surface area (Å²) in [5.74, 6) is -0.574. The number of para-hydroxylation sites is 1. The van der Waals surface area contributed by atoms with E-state index in [1.54, 1.807) is 24.3 Å². The van der Waals surface area contributed by atoms with E-state index in [-0.39, 0.29) is 5.69 Å². The molecule has 100 valence electrons. The Kier molecular flexibility index (Phi) is 3.76. The molecule has 0 amide bonds. The van der Waals surface area contributed by atoms with Gasteiger partial charge in [0.05, 0.1) is 13.7 Å². The van der Waals surface area contributed by atoms with Crippen LogP contribution < -0.4 is 10.5 Å². The molecular weight excluding hydrogens is 248 g/mol. The maximum absolute atomic E-state index is 11.2. The van der Waals surface area contributed by atoms with Crippen molar-refractivity contribution in [1.29, 1.82) is 0 Å². The molecule has 0 saturated carbocycles. The number of aromatic nitrogens is 3. The molecule has 2 aromatic rings. The van der Waals surface area contributed by atoms with Crippen LogP contribution in [0, 0.1) is 0 Å². The van der Waals surface area contributed by atoms with Crippen LogP contribution in [0.3, 0.4) is 0 Å². The zero-order valence-corrected chi connectivity index (χ0v) is 10.4. The van der Waals surface area contributed by atoms with E-state index in [0.29, 0.717) is 30.1 Å². The molecular formula is C12H14N4O3. The van der Waals surface area contributed by atoms with Crippen LogP contribution in [0.1, 0.15) is 10.5 Å². The molecule has 0 fully saturated rings. The molecule has 0 bridgehead atoms. The summed E-state index contributed by atoms with van der Waals surface area (Å²) in [6.45, 7) is 0.720. The van der Waals surface area contributed by atoms with E-state index >= 15 is 0 Å². The highest BCUT2D eigenvalue weighted by Gasteiger charge is 2.22. The molecule has 1 aromatic carbocycles. The minimum Gasteiger partial charge on any atom is -0.496 e. The topological polar surface area (TPSA) is 103 Å². The number of methoxy groups -OCH3 is 1. The van der Waals surface area contributed by atoms with Crippen LogP contribution in [-0.2, 0) is 6.54 Å². The molecule has 1 heterocycles. The number of carboxylic acid groups (broad SMARTS) is 1. The molecule has 0 atom stereocenters. The maximum Gasteiger partial charge on any atom is 0.358 e. The molecule has 0 saturated heterocycles. The maximum atomic E-state index is 11.2.